The molecule has 1 amide bonds. The first-order valence-electron chi connectivity index (χ1n) is 7.16. The number of aliphatic hydroxyl groups is 1. The van der Waals surface area contributed by atoms with Gasteiger partial charge in [0.25, 0.3) is 0 Å². The lowest BCUT2D eigenvalue weighted by Crippen LogP contribution is -2.31. The molecule has 0 aromatic rings. The van der Waals surface area contributed by atoms with Crippen LogP contribution in [-0.4, -0.2) is 49.3 Å². The van der Waals surface area contributed by atoms with Crippen molar-refractivity contribution in [2.75, 3.05) is 33.4 Å². The van der Waals surface area contributed by atoms with Gasteiger partial charge >= 0.3 is 0 Å². The van der Waals surface area contributed by atoms with Crippen LogP contribution in [0.1, 0.15) is 44.9 Å². The van der Waals surface area contributed by atoms with Gasteiger partial charge in [-0.2, -0.15) is 0 Å². The fourth-order valence-electron chi connectivity index (χ4n) is 2.46. The molecule has 0 unspecified atom stereocenters. The standard InChI is InChI=1S/C14H27NO3/c1-15(8-10-18-11-9-16)14(17)12-13-6-4-2-3-5-7-13/h13,16H,2-12H2,1H3. The summed E-state index contributed by atoms with van der Waals surface area (Å²) in [6, 6.07) is 0. The van der Waals surface area contributed by atoms with Crippen molar-refractivity contribution in [1.82, 2.24) is 4.90 Å². The number of aliphatic hydroxyl groups excluding tert-OH is 1. The molecule has 0 atom stereocenters. The summed E-state index contributed by atoms with van der Waals surface area (Å²) in [5, 5.41) is 8.58. The first-order chi connectivity index (χ1) is 8.74. The number of hydrogen-bond acceptors (Lipinski definition) is 3. The van der Waals surface area contributed by atoms with Crippen molar-refractivity contribution in [2.45, 2.75) is 44.9 Å². The molecule has 0 aliphatic heterocycles. The molecule has 1 aliphatic carbocycles. The van der Waals surface area contributed by atoms with Crippen LogP contribution >= 0.6 is 0 Å². The van der Waals surface area contributed by atoms with Gasteiger partial charge in [-0.1, -0.05) is 25.7 Å². The summed E-state index contributed by atoms with van der Waals surface area (Å²) in [6.45, 7) is 1.52. The van der Waals surface area contributed by atoms with Gasteiger partial charge in [-0.3, -0.25) is 4.79 Å². The summed E-state index contributed by atoms with van der Waals surface area (Å²) >= 11 is 0. The Hall–Kier alpha value is -0.610. The number of nitrogens with zero attached hydrogens (tertiary/aromatic N) is 1. The van der Waals surface area contributed by atoms with Gasteiger partial charge in [-0.15, -0.1) is 0 Å². The Morgan fingerprint density at radius 2 is 1.89 bits per heavy atom. The smallest absolute Gasteiger partial charge is 0.222 e. The Kier molecular flexibility index (Phi) is 8.01. The predicted molar refractivity (Wildman–Crippen MR) is 71.4 cm³/mol. The van der Waals surface area contributed by atoms with Crippen molar-refractivity contribution in [1.29, 1.82) is 0 Å². The number of carbonyl (C=O) groups is 1. The maximum Gasteiger partial charge on any atom is 0.222 e. The van der Waals surface area contributed by atoms with E-state index < -0.39 is 0 Å². The first-order valence-corrected chi connectivity index (χ1v) is 7.16. The second-order valence-corrected chi connectivity index (χ2v) is 5.21. The maximum atomic E-state index is 12.0. The van der Waals surface area contributed by atoms with Gasteiger partial charge in [-0.05, 0) is 18.8 Å². The molecule has 0 radical (unpaired) electrons. The molecule has 4 nitrogen and oxygen atoms in total. The lowest BCUT2D eigenvalue weighted by molar-refractivity contribution is -0.131. The van der Waals surface area contributed by atoms with Crippen LogP contribution in [0, 0.1) is 5.92 Å². The number of amides is 1. The zero-order chi connectivity index (χ0) is 13.2. The summed E-state index contributed by atoms with van der Waals surface area (Å²) in [5.74, 6) is 0.815. The molecule has 0 spiro atoms. The molecule has 4 heteroatoms. The molecule has 0 aromatic heterocycles. The second kappa shape index (κ2) is 9.34. The number of hydrogen-bond donors (Lipinski definition) is 1. The number of rotatable bonds is 7. The van der Waals surface area contributed by atoms with Crippen LogP contribution in [0.15, 0.2) is 0 Å². The summed E-state index contributed by atoms with van der Waals surface area (Å²) in [5.41, 5.74) is 0. The van der Waals surface area contributed by atoms with Gasteiger partial charge in [0.1, 0.15) is 0 Å². The Balaban J connectivity index is 2.17. The van der Waals surface area contributed by atoms with E-state index in [4.69, 9.17) is 9.84 Å². The van der Waals surface area contributed by atoms with E-state index in [1.54, 1.807) is 4.90 Å². The first kappa shape index (κ1) is 15.4. The molecular formula is C14H27NO3. The highest BCUT2D eigenvalue weighted by Crippen LogP contribution is 2.25. The van der Waals surface area contributed by atoms with Gasteiger partial charge in [-0.25, -0.2) is 0 Å². The molecule has 1 aliphatic rings. The lowest BCUT2D eigenvalue weighted by atomic mass is 9.96. The molecule has 1 N–H and O–H groups in total. The molecular weight excluding hydrogens is 230 g/mol. The Bertz CT molecular complexity index is 225. The molecule has 1 rings (SSSR count). The van der Waals surface area contributed by atoms with Crippen molar-refractivity contribution >= 4 is 5.91 Å². The van der Waals surface area contributed by atoms with Crippen molar-refractivity contribution in [2.24, 2.45) is 5.92 Å². The SMILES string of the molecule is CN(CCOCCO)C(=O)CC1CCCCCC1. The van der Waals surface area contributed by atoms with E-state index >= 15 is 0 Å². The van der Waals surface area contributed by atoms with Crippen LogP contribution < -0.4 is 0 Å². The van der Waals surface area contributed by atoms with E-state index in [0.29, 0.717) is 32.1 Å². The zero-order valence-corrected chi connectivity index (χ0v) is 11.6. The highest BCUT2D eigenvalue weighted by molar-refractivity contribution is 5.76. The summed E-state index contributed by atoms with van der Waals surface area (Å²) in [6.07, 6.45) is 8.32. The maximum absolute atomic E-state index is 12.0. The number of likely N-dealkylation sites (N-methyl/N-ethyl adjacent to an activating group) is 1. The van der Waals surface area contributed by atoms with Crippen molar-refractivity contribution in [3.63, 3.8) is 0 Å². The molecule has 106 valence electrons. The Labute approximate surface area is 110 Å². The van der Waals surface area contributed by atoms with Crippen molar-refractivity contribution in [3.05, 3.63) is 0 Å². The Morgan fingerprint density at radius 1 is 1.22 bits per heavy atom. The van der Waals surface area contributed by atoms with Crippen LogP contribution in [0.4, 0.5) is 0 Å². The van der Waals surface area contributed by atoms with E-state index in [1.165, 1.54) is 38.5 Å². The third-order valence-corrected chi connectivity index (χ3v) is 3.67. The molecule has 1 fully saturated rings. The summed E-state index contributed by atoms with van der Waals surface area (Å²) in [4.78, 5) is 13.8. The minimum absolute atomic E-state index is 0.0414. The fraction of sp³-hybridized carbons (Fsp3) is 0.929. The number of ether oxygens (including phenoxy) is 1. The topological polar surface area (TPSA) is 49.8 Å². The average Bonchev–Trinajstić information content (AvgIpc) is 2.63. The highest BCUT2D eigenvalue weighted by Gasteiger charge is 2.18. The van der Waals surface area contributed by atoms with Crippen LogP contribution in [0.2, 0.25) is 0 Å². The van der Waals surface area contributed by atoms with Crippen LogP contribution in [-0.2, 0) is 9.53 Å². The zero-order valence-electron chi connectivity index (χ0n) is 11.6. The summed E-state index contributed by atoms with van der Waals surface area (Å²) in [7, 11) is 1.83. The van der Waals surface area contributed by atoms with E-state index in [1.807, 2.05) is 7.05 Å². The molecule has 1 saturated carbocycles. The van der Waals surface area contributed by atoms with Gasteiger partial charge in [0.05, 0.1) is 19.8 Å². The minimum Gasteiger partial charge on any atom is -0.394 e. The Morgan fingerprint density at radius 3 is 2.50 bits per heavy atom. The molecule has 18 heavy (non-hydrogen) atoms. The quantitative estimate of drug-likeness (QED) is 0.559. The van der Waals surface area contributed by atoms with Crippen LogP contribution in [0.25, 0.3) is 0 Å². The normalized spacial score (nSPS) is 17.4. The summed E-state index contributed by atoms with van der Waals surface area (Å²) < 4.78 is 5.17. The van der Waals surface area contributed by atoms with Gasteiger partial charge in [0.15, 0.2) is 0 Å². The molecule has 0 aromatic carbocycles. The molecule has 0 heterocycles. The second-order valence-electron chi connectivity index (χ2n) is 5.21. The third kappa shape index (κ3) is 6.36. The third-order valence-electron chi connectivity index (χ3n) is 3.67. The molecule has 0 bridgehead atoms. The highest BCUT2D eigenvalue weighted by atomic mass is 16.5. The van der Waals surface area contributed by atoms with Crippen LogP contribution in [0.5, 0.6) is 0 Å². The van der Waals surface area contributed by atoms with E-state index in [-0.39, 0.29) is 12.5 Å². The van der Waals surface area contributed by atoms with Gasteiger partial charge in [0, 0.05) is 20.0 Å². The minimum atomic E-state index is 0.0414. The monoisotopic (exact) mass is 257 g/mol. The van der Waals surface area contributed by atoms with Gasteiger partial charge < -0.3 is 14.7 Å². The van der Waals surface area contributed by atoms with Crippen LogP contribution in [0.3, 0.4) is 0 Å². The largest absolute Gasteiger partial charge is 0.394 e. The van der Waals surface area contributed by atoms with E-state index in [9.17, 15) is 4.79 Å². The van der Waals surface area contributed by atoms with Gasteiger partial charge in [0.2, 0.25) is 5.91 Å². The van der Waals surface area contributed by atoms with Crippen molar-refractivity contribution < 1.29 is 14.6 Å². The predicted octanol–water partition coefficient (Wildman–Crippen LogP) is 1.81. The van der Waals surface area contributed by atoms with E-state index in [2.05, 4.69) is 0 Å². The fourth-order valence-corrected chi connectivity index (χ4v) is 2.46. The molecule has 0 saturated heterocycles. The lowest BCUT2D eigenvalue weighted by Gasteiger charge is -2.20. The van der Waals surface area contributed by atoms with Crippen molar-refractivity contribution in [3.8, 4) is 0 Å². The average molecular weight is 257 g/mol. The number of carbonyl (C=O) groups excluding carboxylic acids is 1. The van der Waals surface area contributed by atoms with E-state index in [0.717, 1.165) is 0 Å².